The lowest BCUT2D eigenvalue weighted by molar-refractivity contribution is 0.0874. The Morgan fingerprint density at radius 2 is 1.48 bits per heavy atom. The molecule has 3 atom stereocenters. The van der Waals surface area contributed by atoms with Crippen LogP contribution in [0, 0.1) is 39.7 Å². The summed E-state index contributed by atoms with van der Waals surface area (Å²) in [4.78, 5) is 15.6. The van der Waals surface area contributed by atoms with Crippen LogP contribution in [-0.4, -0.2) is 16.7 Å². The highest BCUT2D eigenvalue weighted by Crippen LogP contribution is 2.60. The summed E-state index contributed by atoms with van der Waals surface area (Å²) in [5, 5.41) is 20.8. The first-order chi connectivity index (χ1) is 16.0. The second-order valence-electron chi connectivity index (χ2n) is 8.23. The van der Waals surface area contributed by atoms with Crippen molar-refractivity contribution >= 4 is 11.9 Å². The highest BCUT2D eigenvalue weighted by Gasteiger charge is 2.63. The first-order valence-electron chi connectivity index (χ1n) is 10.4. The van der Waals surface area contributed by atoms with Crippen molar-refractivity contribution in [3.05, 3.63) is 113 Å². The van der Waals surface area contributed by atoms with Gasteiger partial charge in [-0.3, -0.25) is 4.79 Å². The molecule has 2 heterocycles. The van der Waals surface area contributed by atoms with Gasteiger partial charge in [-0.25, -0.2) is 8.78 Å². The molecular weight excluding hydrogens is 420 g/mol. The molecule has 33 heavy (non-hydrogen) atoms. The van der Waals surface area contributed by atoms with Gasteiger partial charge in [-0.05, 0) is 59.2 Å². The van der Waals surface area contributed by atoms with Gasteiger partial charge in [0, 0.05) is 17.7 Å². The molecule has 0 saturated carbocycles. The minimum Gasteiger partial charge on any atom is -0.357 e. The lowest BCUT2D eigenvalue weighted by Gasteiger charge is -2.34. The molecule has 3 unspecified atom stereocenters. The molecule has 6 heteroatoms. The minimum absolute atomic E-state index is 0.270. The van der Waals surface area contributed by atoms with Crippen molar-refractivity contribution in [1.82, 2.24) is 4.90 Å². The highest BCUT2D eigenvalue weighted by molar-refractivity contribution is 6.01. The molecule has 2 aliphatic rings. The molecule has 4 nitrogen and oxygen atoms in total. The van der Waals surface area contributed by atoms with Gasteiger partial charge in [-0.2, -0.15) is 10.5 Å². The van der Waals surface area contributed by atoms with E-state index in [9.17, 15) is 24.1 Å². The number of rotatable bonds is 3. The normalized spacial score (nSPS) is 22.1. The molecule has 0 aliphatic carbocycles. The molecule has 0 amide bonds. The molecule has 0 radical (unpaired) electrons. The van der Waals surface area contributed by atoms with Crippen LogP contribution in [0.3, 0.4) is 0 Å². The monoisotopic (exact) mass is 437 g/mol. The van der Waals surface area contributed by atoms with Gasteiger partial charge in [0.25, 0.3) is 0 Å². The molecule has 5 rings (SSSR count). The van der Waals surface area contributed by atoms with E-state index in [0.717, 1.165) is 11.1 Å². The lowest BCUT2D eigenvalue weighted by atomic mass is 9.67. The topological polar surface area (TPSA) is 67.9 Å². The van der Waals surface area contributed by atoms with E-state index in [-0.39, 0.29) is 11.3 Å². The molecule has 0 bridgehead atoms. The summed E-state index contributed by atoms with van der Waals surface area (Å²) >= 11 is 0. The summed E-state index contributed by atoms with van der Waals surface area (Å²) in [7, 11) is 0. The maximum atomic E-state index is 13.8. The summed E-state index contributed by atoms with van der Waals surface area (Å²) in [6.45, 7) is 0. The van der Waals surface area contributed by atoms with E-state index >= 15 is 0 Å². The summed E-state index contributed by atoms with van der Waals surface area (Å²) in [6.07, 6.45) is 3.59. The second-order valence-corrected chi connectivity index (χ2v) is 8.23. The zero-order valence-electron chi connectivity index (χ0n) is 17.3. The van der Waals surface area contributed by atoms with Gasteiger partial charge in [0.15, 0.2) is 11.2 Å². The Kier molecular flexibility index (Phi) is 4.80. The minimum atomic E-state index is -1.63. The summed E-state index contributed by atoms with van der Waals surface area (Å²) in [6, 6.07) is 21.0. The number of hydrogen-bond donors (Lipinski definition) is 0. The third-order valence-corrected chi connectivity index (χ3v) is 6.57. The maximum Gasteiger partial charge on any atom is 0.185 e. The number of halogens is 2. The van der Waals surface area contributed by atoms with Crippen molar-refractivity contribution < 1.29 is 13.6 Å². The predicted molar refractivity (Wildman–Crippen MR) is 117 cm³/mol. The van der Waals surface area contributed by atoms with Gasteiger partial charge in [-0.15, -0.1) is 0 Å². The predicted octanol–water partition coefficient (Wildman–Crippen LogP) is 5.37. The quantitative estimate of drug-likeness (QED) is 0.517. The van der Waals surface area contributed by atoms with E-state index in [4.69, 9.17) is 0 Å². The number of fused-ring (bicyclic) bond motifs is 3. The summed E-state index contributed by atoms with van der Waals surface area (Å²) in [5.74, 6) is -2.14. The van der Waals surface area contributed by atoms with Crippen LogP contribution in [0.25, 0.3) is 6.08 Å². The van der Waals surface area contributed by atoms with Gasteiger partial charge in [0.1, 0.15) is 17.7 Å². The van der Waals surface area contributed by atoms with Crippen molar-refractivity contribution in [2.24, 2.45) is 5.41 Å². The Balaban J connectivity index is 1.76. The molecule has 0 N–H and O–H groups in total. The molecular formula is C27H17F2N3O. The van der Waals surface area contributed by atoms with E-state index < -0.39 is 35.1 Å². The van der Waals surface area contributed by atoms with E-state index in [1.165, 1.54) is 48.5 Å². The molecule has 2 aliphatic heterocycles. The smallest absolute Gasteiger partial charge is 0.185 e. The number of ketones is 1. The van der Waals surface area contributed by atoms with Crippen LogP contribution in [0.1, 0.15) is 39.0 Å². The third-order valence-electron chi connectivity index (χ3n) is 6.57. The largest absolute Gasteiger partial charge is 0.357 e. The van der Waals surface area contributed by atoms with E-state index in [2.05, 4.69) is 12.1 Å². The fourth-order valence-electron chi connectivity index (χ4n) is 5.12. The third kappa shape index (κ3) is 3.03. The van der Waals surface area contributed by atoms with E-state index in [1.54, 1.807) is 11.1 Å². The average Bonchev–Trinajstić information content (AvgIpc) is 3.15. The van der Waals surface area contributed by atoms with Crippen LogP contribution in [0.15, 0.2) is 79.0 Å². The molecule has 3 aromatic carbocycles. The number of benzene rings is 3. The first kappa shape index (κ1) is 20.6. The number of hydrogen-bond acceptors (Lipinski definition) is 4. The van der Waals surface area contributed by atoms with Crippen molar-refractivity contribution in [2.75, 3.05) is 0 Å². The lowest BCUT2D eigenvalue weighted by Crippen LogP contribution is -2.37. The van der Waals surface area contributed by atoms with Crippen LogP contribution in [0.4, 0.5) is 8.78 Å². The van der Waals surface area contributed by atoms with Crippen molar-refractivity contribution in [1.29, 1.82) is 10.5 Å². The van der Waals surface area contributed by atoms with Gasteiger partial charge in [0.2, 0.25) is 0 Å². The molecule has 0 aromatic heterocycles. The fourth-order valence-corrected chi connectivity index (χ4v) is 5.12. The SMILES string of the molecule is N#CC1(C#N)C(c2ccc(F)cc2)C(C(=O)c2ccc(F)cc2)N2C=Cc3ccccc3C21. The fraction of sp³-hybridized carbons (Fsp3) is 0.148. The summed E-state index contributed by atoms with van der Waals surface area (Å²) < 4.78 is 27.2. The number of Topliss-reactive ketones (excluding diaryl/α,β-unsaturated/α-hetero) is 1. The highest BCUT2D eigenvalue weighted by atomic mass is 19.1. The Morgan fingerprint density at radius 3 is 2.12 bits per heavy atom. The average molecular weight is 437 g/mol. The van der Waals surface area contributed by atoms with E-state index in [1.807, 2.05) is 30.3 Å². The molecule has 3 aromatic rings. The Hall–Kier alpha value is -4.29. The molecule has 1 fully saturated rings. The van der Waals surface area contributed by atoms with Gasteiger partial charge in [-0.1, -0.05) is 36.4 Å². The maximum absolute atomic E-state index is 13.8. The number of carbonyl (C=O) groups excluding carboxylic acids is 1. The van der Waals surface area contributed by atoms with Gasteiger partial charge >= 0.3 is 0 Å². The number of nitrogens with zero attached hydrogens (tertiary/aromatic N) is 3. The van der Waals surface area contributed by atoms with Crippen LogP contribution >= 0.6 is 0 Å². The molecule has 160 valence electrons. The van der Waals surface area contributed by atoms with Crippen molar-refractivity contribution in [2.45, 2.75) is 18.0 Å². The van der Waals surface area contributed by atoms with E-state index in [0.29, 0.717) is 5.56 Å². The first-order valence-corrected chi connectivity index (χ1v) is 10.4. The van der Waals surface area contributed by atoms with Crippen LogP contribution < -0.4 is 0 Å². The Bertz CT molecular complexity index is 1340. The van der Waals surface area contributed by atoms with Crippen LogP contribution in [-0.2, 0) is 0 Å². The zero-order valence-corrected chi connectivity index (χ0v) is 17.3. The van der Waals surface area contributed by atoms with Crippen LogP contribution in [0.5, 0.6) is 0 Å². The Morgan fingerprint density at radius 1 is 0.879 bits per heavy atom. The number of carbonyl (C=O) groups is 1. The van der Waals surface area contributed by atoms with Crippen LogP contribution in [0.2, 0.25) is 0 Å². The number of nitriles is 2. The van der Waals surface area contributed by atoms with Crippen molar-refractivity contribution in [3.63, 3.8) is 0 Å². The molecule has 1 saturated heterocycles. The van der Waals surface area contributed by atoms with Crippen molar-refractivity contribution in [3.8, 4) is 12.1 Å². The zero-order chi connectivity index (χ0) is 23.2. The Labute approximate surface area is 189 Å². The summed E-state index contributed by atoms with van der Waals surface area (Å²) in [5.41, 5.74) is 0.788. The second kappa shape index (κ2) is 7.69. The molecule has 0 spiro atoms. The standard InChI is InChI=1S/C27H17F2N3O/c28-20-9-5-18(6-10-20)23-24(25(33)19-7-11-21(29)12-8-19)32-14-13-17-3-1-2-4-22(17)26(32)27(23,15-30)16-31/h1-14,23-24,26H. The van der Waals surface area contributed by atoms with Gasteiger partial charge < -0.3 is 4.90 Å². The van der Waals surface area contributed by atoms with Gasteiger partial charge in [0.05, 0.1) is 18.2 Å².